The summed E-state index contributed by atoms with van der Waals surface area (Å²) in [6.07, 6.45) is 1.70. The molecule has 1 aliphatic heterocycles. The van der Waals surface area contributed by atoms with Crippen LogP contribution in [-0.2, 0) is 4.79 Å². The number of amides is 1. The molecule has 1 fully saturated rings. The number of furan rings is 1. The maximum absolute atomic E-state index is 12.4. The fraction of sp³-hybridized carbons (Fsp3) is 0. The third kappa shape index (κ3) is 4.12. The molecule has 3 aromatic carbocycles. The van der Waals surface area contributed by atoms with E-state index in [1.807, 2.05) is 54.6 Å². The summed E-state index contributed by atoms with van der Waals surface area (Å²) >= 11 is 13.3. The first kappa shape index (κ1) is 19.9. The zero-order valence-corrected chi connectivity index (χ0v) is 18.3. The number of hydrogen-bond donors (Lipinski definition) is 1. The van der Waals surface area contributed by atoms with Gasteiger partial charge in [-0.2, -0.15) is 0 Å². The van der Waals surface area contributed by atoms with Gasteiger partial charge >= 0.3 is 0 Å². The summed E-state index contributed by atoms with van der Waals surface area (Å²) < 4.78 is 5.87. The number of thioether (sulfide) groups is 1. The van der Waals surface area contributed by atoms with Gasteiger partial charge in [-0.3, -0.25) is 4.79 Å². The van der Waals surface area contributed by atoms with Gasteiger partial charge in [0.1, 0.15) is 11.5 Å². The Balaban J connectivity index is 1.41. The van der Waals surface area contributed by atoms with E-state index >= 15 is 0 Å². The van der Waals surface area contributed by atoms with Gasteiger partial charge in [-0.15, -0.1) is 0 Å². The predicted molar refractivity (Wildman–Crippen MR) is 129 cm³/mol. The number of nitrogens with one attached hydrogen (secondary N) is 1. The second-order valence-corrected chi connectivity index (χ2v) is 8.66. The number of carbonyl (C=O) groups is 1. The molecule has 1 aromatic heterocycles. The van der Waals surface area contributed by atoms with Gasteiger partial charge in [0.2, 0.25) is 0 Å². The topological polar surface area (TPSA) is 54.6 Å². The average molecular weight is 465 g/mol. The van der Waals surface area contributed by atoms with Crippen molar-refractivity contribution < 1.29 is 9.21 Å². The summed E-state index contributed by atoms with van der Waals surface area (Å²) in [6.45, 7) is 0. The number of hydrogen-bond acceptors (Lipinski definition) is 4. The molecular formula is C24H14Cl2N2O2S. The Morgan fingerprint density at radius 1 is 0.935 bits per heavy atom. The van der Waals surface area contributed by atoms with Crippen LogP contribution < -0.4 is 5.32 Å². The Hall–Kier alpha value is -2.99. The summed E-state index contributed by atoms with van der Waals surface area (Å²) in [7, 11) is 0. The molecule has 4 nitrogen and oxygen atoms in total. The van der Waals surface area contributed by atoms with E-state index in [1.54, 1.807) is 24.3 Å². The molecule has 4 aromatic rings. The van der Waals surface area contributed by atoms with Crippen molar-refractivity contribution in [1.29, 1.82) is 0 Å². The highest BCUT2D eigenvalue weighted by Gasteiger charge is 2.24. The van der Waals surface area contributed by atoms with Gasteiger partial charge in [-0.25, -0.2) is 4.99 Å². The molecule has 0 saturated carbocycles. The smallest absolute Gasteiger partial charge is 0.264 e. The molecule has 5 rings (SSSR count). The van der Waals surface area contributed by atoms with Crippen LogP contribution in [0.5, 0.6) is 0 Å². The van der Waals surface area contributed by atoms with Crippen molar-refractivity contribution in [2.45, 2.75) is 0 Å². The maximum Gasteiger partial charge on any atom is 0.264 e. The van der Waals surface area contributed by atoms with Gasteiger partial charge < -0.3 is 9.73 Å². The number of nitrogens with zero attached hydrogens (tertiary/aromatic N) is 1. The molecule has 152 valence electrons. The molecule has 2 heterocycles. The summed E-state index contributed by atoms with van der Waals surface area (Å²) in [4.78, 5) is 17.6. The van der Waals surface area contributed by atoms with Gasteiger partial charge in [-0.05, 0) is 53.5 Å². The molecular weight excluding hydrogens is 451 g/mol. The molecule has 1 saturated heterocycles. The highest BCUT2D eigenvalue weighted by atomic mass is 35.5. The molecule has 7 heteroatoms. The number of rotatable bonds is 3. The predicted octanol–water partition coefficient (Wildman–Crippen LogP) is 7.30. The lowest BCUT2D eigenvalue weighted by molar-refractivity contribution is -0.115. The van der Waals surface area contributed by atoms with Crippen LogP contribution in [0, 0.1) is 0 Å². The fourth-order valence-corrected chi connectivity index (χ4v) is 4.37. The Labute approximate surface area is 192 Å². The van der Waals surface area contributed by atoms with Crippen LogP contribution >= 0.6 is 35.0 Å². The van der Waals surface area contributed by atoms with Crippen molar-refractivity contribution in [3.05, 3.63) is 93.5 Å². The van der Waals surface area contributed by atoms with Gasteiger partial charge in [-0.1, -0.05) is 59.6 Å². The van der Waals surface area contributed by atoms with Crippen molar-refractivity contribution in [3.63, 3.8) is 0 Å². The Morgan fingerprint density at radius 3 is 2.65 bits per heavy atom. The van der Waals surface area contributed by atoms with Gasteiger partial charge in [0.25, 0.3) is 5.91 Å². The summed E-state index contributed by atoms with van der Waals surface area (Å²) in [5, 5.41) is 6.42. The molecule has 0 atom stereocenters. The van der Waals surface area contributed by atoms with E-state index in [1.165, 1.54) is 11.8 Å². The zero-order valence-electron chi connectivity index (χ0n) is 15.9. The van der Waals surface area contributed by atoms with Crippen LogP contribution in [0.4, 0.5) is 5.69 Å². The molecule has 0 spiro atoms. The van der Waals surface area contributed by atoms with E-state index < -0.39 is 0 Å². The first-order chi connectivity index (χ1) is 15.1. The van der Waals surface area contributed by atoms with Gasteiger partial charge in [0.15, 0.2) is 5.17 Å². The van der Waals surface area contributed by atoms with Crippen LogP contribution in [0.15, 0.2) is 87.1 Å². The monoisotopic (exact) mass is 464 g/mol. The number of amidine groups is 1. The molecule has 0 unspecified atom stereocenters. The standard InChI is InChI=1S/C24H14Cl2N2O2S/c25-18-10-8-15(12-19(18)26)21-11-9-16(30-21)13-22-23(29)28-24(31-22)27-20-7-3-5-14-4-1-2-6-17(14)20/h1-13H,(H,27,28,29). The van der Waals surface area contributed by atoms with Crippen molar-refractivity contribution in [2.75, 3.05) is 0 Å². The molecule has 0 radical (unpaired) electrons. The first-order valence-corrected chi connectivity index (χ1v) is 11.0. The lowest BCUT2D eigenvalue weighted by atomic mass is 10.1. The van der Waals surface area contributed by atoms with Crippen molar-refractivity contribution >= 4 is 68.6 Å². The summed E-state index contributed by atoms with van der Waals surface area (Å²) in [5.41, 5.74) is 1.61. The molecule has 31 heavy (non-hydrogen) atoms. The third-order valence-electron chi connectivity index (χ3n) is 4.74. The van der Waals surface area contributed by atoms with E-state index in [0.717, 1.165) is 22.0 Å². The minimum Gasteiger partial charge on any atom is -0.457 e. The first-order valence-electron chi connectivity index (χ1n) is 9.39. The fourth-order valence-electron chi connectivity index (χ4n) is 3.26. The minimum atomic E-state index is -0.212. The molecule has 1 amide bonds. The highest BCUT2D eigenvalue weighted by Crippen LogP contribution is 2.33. The number of fused-ring (bicyclic) bond motifs is 1. The lowest BCUT2D eigenvalue weighted by Crippen LogP contribution is -2.19. The van der Waals surface area contributed by atoms with E-state index in [9.17, 15) is 4.79 Å². The number of carbonyl (C=O) groups excluding carboxylic acids is 1. The largest absolute Gasteiger partial charge is 0.457 e. The van der Waals surface area contributed by atoms with Crippen molar-refractivity contribution in [3.8, 4) is 11.3 Å². The maximum atomic E-state index is 12.4. The number of halogens is 2. The van der Waals surface area contributed by atoms with Crippen LogP contribution in [0.25, 0.3) is 28.2 Å². The second-order valence-electron chi connectivity index (χ2n) is 6.81. The Bertz CT molecular complexity index is 1390. The van der Waals surface area contributed by atoms with Gasteiger partial charge in [0.05, 0.1) is 20.6 Å². The Kier molecular flexibility index (Phi) is 5.32. The van der Waals surface area contributed by atoms with Crippen LogP contribution in [-0.4, -0.2) is 11.1 Å². The van der Waals surface area contributed by atoms with Crippen LogP contribution in [0.1, 0.15) is 5.76 Å². The average Bonchev–Trinajstić information content (AvgIpc) is 3.37. The molecule has 0 aliphatic carbocycles. The summed E-state index contributed by atoms with van der Waals surface area (Å²) in [5.74, 6) is 0.986. The third-order valence-corrected chi connectivity index (χ3v) is 6.39. The minimum absolute atomic E-state index is 0.212. The second kappa shape index (κ2) is 8.27. The number of benzene rings is 3. The van der Waals surface area contributed by atoms with E-state index in [4.69, 9.17) is 27.6 Å². The van der Waals surface area contributed by atoms with E-state index in [-0.39, 0.29) is 5.91 Å². The van der Waals surface area contributed by atoms with Crippen LogP contribution in [0.2, 0.25) is 10.0 Å². The molecule has 0 bridgehead atoms. The summed E-state index contributed by atoms with van der Waals surface area (Å²) in [6, 6.07) is 22.8. The van der Waals surface area contributed by atoms with Crippen molar-refractivity contribution in [1.82, 2.24) is 5.32 Å². The molecule has 1 N–H and O–H groups in total. The SMILES string of the molecule is O=C1NC(=Nc2cccc3ccccc23)SC1=Cc1ccc(-c2ccc(Cl)c(Cl)c2)o1. The number of aliphatic imine (C=N–C) groups is 1. The quantitative estimate of drug-likeness (QED) is 0.323. The van der Waals surface area contributed by atoms with E-state index in [2.05, 4.69) is 10.3 Å². The van der Waals surface area contributed by atoms with Gasteiger partial charge in [0, 0.05) is 17.0 Å². The van der Waals surface area contributed by atoms with Crippen LogP contribution in [0.3, 0.4) is 0 Å². The lowest BCUT2D eigenvalue weighted by Gasteiger charge is -2.02. The molecule has 1 aliphatic rings. The Morgan fingerprint density at radius 2 is 1.77 bits per heavy atom. The van der Waals surface area contributed by atoms with E-state index in [0.29, 0.717) is 31.6 Å². The normalized spacial score (nSPS) is 16.4. The highest BCUT2D eigenvalue weighted by molar-refractivity contribution is 8.18. The van der Waals surface area contributed by atoms with Crippen molar-refractivity contribution in [2.24, 2.45) is 4.99 Å². The zero-order chi connectivity index (χ0) is 21.4.